The highest BCUT2D eigenvalue weighted by atomic mass is 19.1. The Kier molecular flexibility index (Phi) is 3.37. The van der Waals surface area contributed by atoms with Gasteiger partial charge in [0.15, 0.2) is 0 Å². The summed E-state index contributed by atoms with van der Waals surface area (Å²) >= 11 is 0. The minimum atomic E-state index is -0.376. The Morgan fingerprint density at radius 2 is 1.96 bits per heavy atom. The highest BCUT2D eigenvalue weighted by Gasteiger charge is 2.24. The van der Waals surface area contributed by atoms with Crippen molar-refractivity contribution in [3.63, 3.8) is 0 Å². The van der Waals surface area contributed by atoms with Crippen LogP contribution >= 0.6 is 0 Å². The number of hydrogen-bond donors (Lipinski definition) is 2. The van der Waals surface area contributed by atoms with Gasteiger partial charge in [0.05, 0.1) is 22.7 Å². The van der Waals surface area contributed by atoms with Crippen LogP contribution in [0.5, 0.6) is 0 Å². The highest BCUT2D eigenvalue weighted by molar-refractivity contribution is 6.11. The van der Waals surface area contributed by atoms with Gasteiger partial charge in [-0.15, -0.1) is 0 Å². The highest BCUT2D eigenvalue weighted by Crippen LogP contribution is 2.35. The maximum atomic E-state index is 13.9. The lowest BCUT2D eigenvalue weighted by atomic mass is 9.86. The van der Waals surface area contributed by atoms with Gasteiger partial charge in [0.2, 0.25) is 0 Å². The van der Waals surface area contributed by atoms with Gasteiger partial charge < -0.3 is 10.1 Å². The SMILES string of the molecule is O=c1[nH]ccc2c1c1cc(F)ccc1c1nc([C@H]3CC[C@H](O)CC3)cn21. The third-order valence-corrected chi connectivity index (χ3v) is 5.53. The number of nitrogens with one attached hydrogen (secondary N) is 1. The zero-order valence-corrected chi connectivity index (χ0v) is 14.1. The van der Waals surface area contributed by atoms with Gasteiger partial charge in [-0.3, -0.25) is 9.20 Å². The molecule has 3 heterocycles. The lowest BCUT2D eigenvalue weighted by molar-refractivity contribution is 0.122. The summed E-state index contributed by atoms with van der Waals surface area (Å²) < 4.78 is 15.8. The van der Waals surface area contributed by atoms with Gasteiger partial charge in [0, 0.05) is 29.1 Å². The van der Waals surface area contributed by atoms with Crippen LogP contribution < -0.4 is 5.56 Å². The molecule has 1 aromatic carbocycles. The molecule has 1 aliphatic rings. The Morgan fingerprint density at radius 3 is 2.77 bits per heavy atom. The van der Waals surface area contributed by atoms with Crippen LogP contribution in [0.4, 0.5) is 4.39 Å². The minimum absolute atomic E-state index is 0.216. The largest absolute Gasteiger partial charge is 0.393 e. The fourth-order valence-electron chi connectivity index (χ4n) is 4.19. The Morgan fingerprint density at radius 1 is 1.15 bits per heavy atom. The van der Waals surface area contributed by atoms with Gasteiger partial charge in [-0.1, -0.05) is 0 Å². The first-order valence-electron chi connectivity index (χ1n) is 8.91. The summed E-state index contributed by atoms with van der Waals surface area (Å²) in [4.78, 5) is 20.0. The molecule has 26 heavy (non-hydrogen) atoms. The van der Waals surface area contributed by atoms with Crippen molar-refractivity contribution in [2.24, 2.45) is 0 Å². The van der Waals surface area contributed by atoms with Crippen molar-refractivity contribution in [1.29, 1.82) is 0 Å². The molecule has 0 radical (unpaired) electrons. The summed E-state index contributed by atoms with van der Waals surface area (Å²) in [5, 5.41) is 11.6. The van der Waals surface area contributed by atoms with Crippen LogP contribution in [0.3, 0.4) is 0 Å². The smallest absolute Gasteiger partial charge is 0.257 e. The van der Waals surface area contributed by atoms with Crippen molar-refractivity contribution in [2.45, 2.75) is 37.7 Å². The Labute approximate surface area is 148 Å². The molecule has 0 unspecified atom stereocenters. The van der Waals surface area contributed by atoms with Crippen LogP contribution in [0.15, 0.2) is 41.5 Å². The third-order valence-electron chi connectivity index (χ3n) is 5.53. The van der Waals surface area contributed by atoms with Crippen molar-refractivity contribution >= 4 is 27.3 Å². The second-order valence-electron chi connectivity index (χ2n) is 7.12. The molecule has 5 nitrogen and oxygen atoms in total. The summed E-state index contributed by atoms with van der Waals surface area (Å²) in [6.45, 7) is 0. The number of aliphatic hydroxyl groups excluding tert-OH is 1. The minimum Gasteiger partial charge on any atom is -0.393 e. The number of halogens is 1. The van der Waals surface area contributed by atoms with E-state index < -0.39 is 0 Å². The summed E-state index contributed by atoms with van der Waals surface area (Å²) in [5.74, 6) is -0.0784. The zero-order valence-electron chi connectivity index (χ0n) is 14.1. The van der Waals surface area contributed by atoms with Gasteiger partial charge in [-0.2, -0.15) is 0 Å². The first-order valence-corrected chi connectivity index (χ1v) is 8.91. The summed E-state index contributed by atoms with van der Waals surface area (Å²) in [5.41, 5.74) is 2.18. The van der Waals surface area contributed by atoms with Crippen molar-refractivity contribution in [3.05, 3.63) is 58.5 Å². The van der Waals surface area contributed by atoms with E-state index in [1.54, 1.807) is 12.3 Å². The first kappa shape index (κ1) is 15.5. The summed E-state index contributed by atoms with van der Waals surface area (Å²) in [7, 11) is 0. The number of benzene rings is 1. The van der Waals surface area contributed by atoms with E-state index in [1.807, 2.05) is 16.7 Å². The van der Waals surface area contributed by atoms with Crippen molar-refractivity contribution in [1.82, 2.24) is 14.4 Å². The molecule has 1 aliphatic carbocycles. The molecule has 0 bridgehead atoms. The van der Waals surface area contributed by atoms with Gasteiger partial charge in [0.25, 0.3) is 5.56 Å². The molecule has 0 atom stereocenters. The number of aromatic nitrogens is 3. The Balaban J connectivity index is 1.85. The van der Waals surface area contributed by atoms with Crippen molar-refractivity contribution in [3.8, 4) is 0 Å². The third kappa shape index (κ3) is 2.25. The van der Waals surface area contributed by atoms with Gasteiger partial charge in [-0.05, 0) is 49.9 Å². The second-order valence-corrected chi connectivity index (χ2v) is 7.12. The van der Waals surface area contributed by atoms with E-state index in [-0.39, 0.29) is 17.5 Å². The molecule has 1 fully saturated rings. The molecule has 0 saturated heterocycles. The van der Waals surface area contributed by atoms with Crippen LogP contribution in [0.25, 0.3) is 27.3 Å². The fourth-order valence-corrected chi connectivity index (χ4v) is 4.19. The number of rotatable bonds is 1. The predicted octanol–water partition coefficient (Wildman–Crippen LogP) is 3.49. The first-order chi connectivity index (χ1) is 12.6. The van der Waals surface area contributed by atoms with Gasteiger partial charge >= 0.3 is 0 Å². The van der Waals surface area contributed by atoms with Crippen LogP contribution in [0.1, 0.15) is 37.3 Å². The maximum Gasteiger partial charge on any atom is 0.257 e. The zero-order chi connectivity index (χ0) is 17.8. The molecule has 3 aromatic heterocycles. The number of hydrogen-bond acceptors (Lipinski definition) is 3. The number of fused-ring (bicyclic) bond motifs is 6. The van der Waals surface area contributed by atoms with E-state index in [0.29, 0.717) is 16.7 Å². The normalized spacial score (nSPS) is 21.0. The number of aliphatic hydroxyl groups is 1. The van der Waals surface area contributed by atoms with Crippen molar-refractivity contribution < 1.29 is 9.50 Å². The second kappa shape index (κ2) is 5.64. The van der Waals surface area contributed by atoms with Gasteiger partial charge in [-0.25, -0.2) is 9.37 Å². The molecule has 132 valence electrons. The van der Waals surface area contributed by atoms with Crippen LogP contribution in [-0.4, -0.2) is 25.6 Å². The standard InChI is InChI=1S/C20H18FN3O2/c21-12-3-6-14-15(9-12)18-17(7-8-22-20(18)26)24-10-16(23-19(14)24)11-1-4-13(25)5-2-11/h3,6-11,13,25H,1-2,4-5H2,(H,22,26)/t11-,13-. The average Bonchev–Trinajstić information content (AvgIpc) is 3.08. The molecule has 5 rings (SSSR count). The molecule has 2 N–H and O–H groups in total. The number of H-pyrrole nitrogens is 1. The van der Waals surface area contributed by atoms with E-state index >= 15 is 0 Å². The van der Waals surface area contributed by atoms with E-state index in [0.717, 1.165) is 47.9 Å². The average molecular weight is 351 g/mol. The molecule has 4 aromatic rings. The summed E-state index contributed by atoms with van der Waals surface area (Å²) in [6, 6.07) is 6.31. The van der Waals surface area contributed by atoms with E-state index in [9.17, 15) is 14.3 Å². The molecule has 0 spiro atoms. The fraction of sp³-hybridized carbons (Fsp3) is 0.300. The maximum absolute atomic E-state index is 13.9. The number of nitrogens with zero attached hydrogens (tertiary/aromatic N) is 2. The van der Waals surface area contributed by atoms with Crippen molar-refractivity contribution in [2.75, 3.05) is 0 Å². The van der Waals surface area contributed by atoms with Crippen LogP contribution in [0, 0.1) is 5.82 Å². The monoisotopic (exact) mass is 351 g/mol. The molecule has 6 heteroatoms. The Hall–Kier alpha value is -2.73. The summed E-state index contributed by atoms with van der Waals surface area (Å²) in [6.07, 6.45) is 6.74. The predicted molar refractivity (Wildman–Crippen MR) is 98.0 cm³/mol. The molecule has 0 amide bonds. The lowest BCUT2D eigenvalue weighted by Gasteiger charge is -2.23. The number of imidazole rings is 1. The quantitative estimate of drug-likeness (QED) is 0.516. The van der Waals surface area contributed by atoms with Crippen LogP contribution in [-0.2, 0) is 0 Å². The topological polar surface area (TPSA) is 70.4 Å². The molecule has 0 aliphatic heterocycles. The number of aromatic amines is 1. The van der Waals surface area contributed by atoms with Crippen LogP contribution in [0.2, 0.25) is 0 Å². The van der Waals surface area contributed by atoms with Gasteiger partial charge in [0.1, 0.15) is 11.5 Å². The Bertz CT molecular complexity index is 1200. The van der Waals surface area contributed by atoms with E-state index in [1.165, 1.54) is 12.1 Å². The lowest BCUT2D eigenvalue weighted by Crippen LogP contribution is -2.17. The molecular formula is C20H18FN3O2. The molecular weight excluding hydrogens is 333 g/mol. The van der Waals surface area contributed by atoms with E-state index in [2.05, 4.69) is 4.98 Å². The van der Waals surface area contributed by atoms with E-state index in [4.69, 9.17) is 4.98 Å². The number of pyridine rings is 2. The molecule has 1 saturated carbocycles.